The Kier molecular flexibility index (Phi) is 5.71. The molecular weight excluding hydrogens is 272 g/mol. The van der Waals surface area contributed by atoms with Gasteiger partial charge in [-0.1, -0.05) is 6.92 Å². The molecule has 19 heavy (non-hydrogen) atoms. The fourth-order valence-corrected chi connectivity index (χ4v) is 1.48. The minimum Gasteiger partial charge on any atom is -0.461 e. The van der Waals surface area contributed by atoms with Gasteiger partial charge in [0, 0.05) is 0 Å². The van der Waals surface area contributed by atoms with Crippen molar-refractivity contribution in [3.8, 4) is 6.01 Å². The number of aromatic nitrogens is 3. The second-order valence-electron chi connectivity index (χ2n) is 4.45. The molecule has 0 aliphatic carbocycles. The lowest BCUT2D eigenvalue weighted by Crippen LogP contribution is -2.45. The van der Waals surface area contributed by atoms with E-state index >= 15 is 0 Å². The van der Waals surface area contributed by atoms with E-state index in [0.29, 0.717) is 6.42 Å². The number of nitrogens with one attached hydrogen (secondary N) is 1. The van der Waals surface area contributed by atoms with E-state index in [2.05, 4.69) is 20.3 Å². The van der Waals surface area contributed by atoms with Gasteiger partial charge in [-0.05, 0) is 31.9 Å². The molecule has 108 valence electrons. The standard InChI is InChI=1S/C11H19ClN4O3/c1-4-11(5-17,6-18)16-9-13-8(12)14-10(15-9)19-7(2)3/h7,17-18H,4-6H2,1-3H3,(H,13,14,15,16). The Hall–Kier alpha value is -1.18. The van der Waals surface area contributed by atoms with Gasteiger partial charge in [0.15, 0.2) is 0 Å². The van der Waals surface area contributed by atoms with Gasteiger partial charge in [-0.25, -0.2) is 0 Å². The molecule has 8 heteroatoms. The Labute approximate surface area is 117 Å². The van der Waals surface area contributed by atoms with E-state index in [1.807, 2.05) is 20.8 Å². The van der Waals surface area contributed by atoms with Crippen molar-refractivity contribution in [3.63, 3.8) is 0 Å². The summed E-state index contributed by atoms with van der Waals surface area (Å²) in [5, 5.41) is 21.6. The van der Waals surface area contributed by atoms with Gasteiger partial charge in [0.25, 0.3) is 0 Å². The molecule has 1 aromatic heterocycles. The molecule has 3 N–H and O–H groups in total. The number of hydrogen-bond donors (Lipinski definition) is 3. The van der Waals surface area contributed by atoms with Crippen LogP contribution in [0.5, 0.6) is 6.01 Å². The van der Waals surface area contributed by atoms with Crippen LogP contribution in [0, 0.1) is 0 Å². The fourth-order valence-electron chi connectivity index (χ4n) is 1.33. The molecule has 0 saturated heterocycles. The highest BCUT2D eigenvalue weighted by atomic mass is 35.5. The Morgan fingerprint density at radius 3 is 2.37 bits per heavy atom. The number of aliphatic hydroxyl groups is 2. The van der Waals surface area contributed by atoms with Crippen LogP contribution in [0.1, 0.15) is 27.2 Å². The highest BCUT2D eigenvalue weighted by Crippen LogP contribution is 2.18. The summed E-state index contributed by atoms with van der Waals surface area (Å²) in [6.07, 6.45) is 0.391. The lowest BCUT2D eigenvalue weighted by molar-refractivity contribution is 0.131. The van der Waals surface area contributed by atoms with Crippen molar-refractivity contribution >= 4 is 17.5 Å². The monoisotopic (exact) mass is 290 g/mol. The van der Waals surface area contributed by atoms with E-state index in [9.17, 15) is 10.2 Å². The molecule has 0 unspecified atom stereocenters. The summed E-state index contributed by atoms with van der Waals surface area (Å²) in [6.45, 7) is 4.98. The average Bonchev–Trinajstić information content (AvgIpc) is 2.34. The van der Waals surface area contributed by atoms with Gasteiger partial charge in [0.2, 0.25) is 11.2 Å². The van der Waals surface area contributed by atoms with Crippen molar-refractivity contribution < 1.29 is 14.9 Å². The number of ether oxygens (including phenoxy) is 1. The van der Waals surface area contributed by atoms with Gasteiger partial charge in [-0.3, -0.25) is 0 Å². The molecule has 0 bridgehead atoms. The molecule has 0 aliphatic rings. The largest absolute Gasteiger partial charge is 0.461 e. The van der Waals surface area contributed by atoms with Crippen molar-refractivity contribution in [1.82, 2.24) is 15.0 Å². The van der Waals surface area contributed by atoms with Gasteiger partial charge in [0.1, 0.15) is 0 Å². The highest BCUT2D eigenvalue weighted by Gasteiger charge is 2.27. The molecule has 0 aliphatic heterocycles. The number of rotatable bonds is 7. The van der Waals surface area contributed by atoms with E-state index in [1.165, 1.54) is 0 Å². The first-order chi connectivity index (χ1) is 8.94. The molecule has 0 radical (unpaired) electrons. The minimum atomic E-state index is -0.903. The molecular formula is C11H19ClN4O3. The molecule has 7 nitrogen and oxygen atoms in total. The van der Waals surface area contributed by atoms with Crippen molar-refractivity contribution in [1.29, 1.82) is 0 Å². The van der Waals surface area contributed by atoms with Gasteiger partial charge in [-0.2, -0.15) is 15.0 Å². The first-order valence-electron chi connectivity index (χ1n) is 6.03. The topological polar surface area (TPSA) is 100 Å². The van der Waals surface area contributed by atoms with Crippen LogP contribution in [0.2, 0.25) is 5.28 Å². The molecule has 1 rings (SSSR count). The van der Waals surface area contributed by atoms with Crippen LogP contribution in [-0.4, -0.2) is 50.0 Å². The zero-order valence-corrected chi connectivity index (χ0v) is 12.0. The third kappa shape index (κ3) is 4.45. The first kappa shape index (κ1) is 15.9. The Balaban J connectivity index is 2.97. The Morgan fingerprint density at radius 1 is 1.26 bits per heavy atom. The normalized spacial score (nSPS) is 11.7. The SMILES string of the molecule is CCC(CO)(CO)Nc1nc(Cl)nc(OC(C)C)n1. The maximum Gasteiger partial charge on any atom is 0.322 e. The number of nitrogens with zero attached hydrogens (tertiary/aromatic N) is 3. The van der Waals surface area contributed by atoms with Crippen molar-refractivity contribution in [2.75, 3.05) is 18.5 Å². The van der Waals surface area contributed by atoms with Crippen molar-refractivity contribution in [3.05, 3.63) is 5.28 Å². The van der Waals surface area contributed by atoms with Crippen LogP contribution in [0.4, 0.5) is 5.95 Å². The number of aliphatic hydroxyl groups excluding tert-OH is 2. The summed E-state index contributed by atoms with van der Waals surface area (Å²) in [4.78, 5) is 11.8. The van der Waals surface area contributed by atoms with E-state index in [0.717, 1.165) is 0 Å². The van der Waals surface area contributed by atoms with Gasteiger partial charge >= 0.3 is 6.01 Å². The molecule has 0 amide bonds. The molecule has 1 aromatic rings. The minimum absolute atomic E-state index is 0.0194. The maximum absolute atomic E-state index is 9.36. The Morgan fingerprint density at radius 2 is 1.89 bits per heavy atom. The predicted molar refractivity (Wildman–Crippen MR) is 71.4 cm³/mol. The smallest absolute Gasteiger partial charge is 0.322 e. The van der Waals surface area contributed by atoms with Crippen molar-refractivity contribution in [2.24, 2.45) is 0 Å². The molecule has 0 aromatic carbocycles. The van der Waals surface area contributed by atoms with Crippen LogP contribution in [-0.2, 0) is 0 Å². The van der Waals surface area contributed by atoms with Crippen LogP contribution in [0.25, 0.3) is 0 Å². The third-order valence-corrected chi connectivity index (χ3v) is 2.76. The summed E-state index contributed by atoms with van der Waals surface area (Å²) in [5.74, 6) is 0.153. The van der Waals surface area contributed by atoms with Gasteiger partial charge in [0.05, 0.1) is 24.9 Å². The lowest BCUT2D eigenvalue weighted by atomic mass is 9.99. The summed E-state index contributed by atoms with van der Waals surface area (Å²) in [7, 11) is 0. The maximum atomic E-state index is 9.36. The summed E-state index contributed by atoms with van der Waals surface area (Å²) in [6, 6.07) is 0.0957. The van der Waals surface area contributed by atoms with E-state index in [1.54, 1.807) is 0 Å². The summed E-state index contributed by atoms with van der Waals surface area (Å²) < 4.78 is 5.34. The lowest BCUT2D eigenvalue weighted by Gasteiger charge is -2.29. The molecule has 1 heterocycles. The third-order valence-electron chi connectivity index (χ3n) is 2.59. The number of hydrogen-bond acceptors (Lipinski definition) is 7. The average molecular weight is 291 g/mol. The molecule has 0 atom stereocenters. The van der Waals surface area contributed by atoms with Crippen LogP contribution >= 0.6 is 11.6 Å². The van der Waals surface area contributed by atoms with Crippen LogP contribution in [0.3, 0.4) is 0 Å². The highest BCUT2D eigenvalue weighted by molar-refractivity contribution is 6.28. The Bertz CT molecular complexity index is 405. The van der Waals surface area contributed by atoms with E-state index < -0.39 is 5.54 Å². The molecule has 0 spiro atoms. The van der Waals surface area contributed by atoms with Crippen LogP contribution in [0.15, 0.2) is 0 Å². The van der Waals surface area contributed by atoms with Gasteiger partial charge < -0.3 is 20.3 Å². The predicted octanol–water partition coefficient (Wildman–Crippen LogP) is 0.857. The fraction of sp³-hybridized carbons (Fsp3) is 0.727. The quantitative estimate of drug-likeness (QED) is 0.684. The summed E-state index contributed by atoms with van der Waals surface area (Å²) >= 11 is 5.78. The zero-order valence-electron chi connectivity index (χ0n) is 11.2. The number of halogens is 1. The summed E-state index contributed by atoms with van der Waals surface area (Å²) in [5.41, 5.74) is -0.903. The molecule has 0 saturated carbocycles. The van der Waals surface area contributed by atoms with E-state index in [4.69, 9.17) is 16.3 Å². The van der Waals surface area contributed by atoms with Crippen LogP contribution < -0.4 is 10.1 Å². The number of anilines is 1. The van der Waals surface area contributed by atoms with Crippen molar-refractivity contribution in [2.45, 2.75) is 38.8 Å². The first-order valence-corrected chi connectivity index (χ1v) is 6.40. The van der Waals surface area contributed by atoms with E-state index in [-0.39, 0.29) is 36.6 Å². The van der Waals surface area contributed by atoms with Gasteiger partial charge in [-0.15, -0.1) is 0 Å². The molecule has 0 fully saturated rings. The second kappa shape index (κ2) is 6.83. The zero-order chi connectivity index (χ0) is 14.5. The second-order valence-corrected chi connectivity index (χ2v) is 4.79.